The van der Waals surface area contributed by atoms with Crippen molar-refractivity contribution in [2.45, 2.75) is 32.2 Å². The largest absolute Gasteiger partial charge is 0.494 e. The van der Waals surface area contributed by atoms with Crippen molar-refractivity contribution in [2.24, 2.45) is 0 Å². The molecule has 0 fully saturated rings. The van der Waals surface area contributed by atoms with E-state index in [-0.39, 0.29) is 18.7 Å². The molecule has 156 valence electrons. The van der Waals surface area contributed by atoms with Crippen LogP contribution in [0.1, 0.15) is 36.9 Å². The summed E-state index contributed by atoms with van der Waals surface area (Å²) >= 11 is 0. The third kappa shape index (κ3) is 6.71. The second kappa shape index (κ2) is 10.9. The van der Waals surface area contributed by atoms with E-state index in [1.54, 1.807) is 49.6 Å². The van der Waals surface area contributed by atoms with E-state index in [0.29, 0.717) is 29.4 Å². The van der Waals surface area contributed by atoms with Crippen molar-refractivity contribution in [3.63, 3.8) is 0 Å². The number of benzene rings is 2. The molecule has 2 aromatic rings. The van der Waals surface area contributed by atoms with E-state index >= 15 is 0 Å². The fourth-order valence-electron chi connectivity index (χ4n) is 2.86. The van der Waals surface area contributed by atoms with Gasteiger partial charge in [0.15, 0.2) is 11.5 Å². The van der Waals surface area contributed by atoms with Crippen LogP contribution < -0.4 is 19.5 Å². The number of carboxylic acids is 1. The van der Waals surface area contributed by atoms with Crippen LogP contribution in [-0.2, 0) is 16.0 Å². The molecular formula is C22H27NO6. The fourth-order valence-corrected chi connectivity index (χ4v) is 2.86. The zero-order valence-electron chi connectivity index (χ0n) is 16.9. The first kappa shape index (κ1) is 22.1. The van der Waals surface area contributed by atoms with Gasteiger partial charge in [-0.3, -0.25) is 9.59 Å². The molecule has 0 aliphatic carbocycles. The minimum absolute atomic E-state index is 0.0914. The number of carbonyl (C=O) groups is 2. The summed E-state index contributed by atoms with van der Waals surface area (Å²) in [6.45, 7) is 2.63. The van der Waals surface area contributed by atoms with Gasteiger partial charge in [0.2, 0.25) is 5.91 Å². The third-order valence-corrected chi connectivity index (χ3v) is 4.28. The van der Waals surface area contributed by atoms with E-state index < -0.39 is 12.0 Å². The Labute approximate surface area is 170 Å². The maximum Gasteiger partial charge on any atom is 0.305 e. The molecule has 0 bridgehead atoms. The molecule has 2 aromatic carbocycles. The number of methoxy groups -OCH3 is 2. The Morgan fingerprint density at radius 2 is 1.72 bits per heavy atom. The van der Waals surface area contributed by atoms with Gasteiger partial charge in [0.05, 0.1) is 39.7 Å². The molecule has 0 spiro atoms. The van der Waals surface area contributed by atoms with Gasteiger partial charge in [0, 0.05) is 0 Å². The number of ether oxygens (including phenoxy) is 3. The molecule has 0 unspecified atom stereocenters. The van der Waals surface area contributed by atoms with Crippen molar-refractivity contribution in [1.82, 2.24) is 5.32 Å². The van der Waals surface area contributed by atoms with E-state index in [4.69, 9.17) is 14.2 Å². The molecular weight excluding hydrogens is 374 g/mol. The lowest BCUT2D eigenvalue weighted by molar-refractivity contribution is -0.137. The van der Waals surface area contributed by atoms with Crippen LogP contribution in [0.2, 0.25) is 0 Å². The number of amides is 1. The number of hydrogen-bond acceptors (Lipinski definition) is 5. The van der Waals surface area contributed by atoms with Crippen LogP contribution >= 0.6 is 0 Å². The molecule has 0 heterocycles. The molecule has 7 heteroatoms. The van der Waals surface area contributed by atoms with Crippen LogP contribution in [0.4, 0.5) is 0 Å². The summed E-state index contributed by atoms with van der Waals surface area (Å²) in [5.74, 6) is 0.539. The zero-order chi connectivity index (χ0) is 21.2. The predicted molar refractivity (Wildman–Crippen MR) is 109 cm³/mol. The summed E-state index contributed by atoms with van der Waals surface area (Å²) in [7, 11) is 3.07. The minimum Gasteiger partial charge on any atom is -0.494 e. The molecule has 0 aliphatic heterocycles. The van der Waals surface area contributed by atoms with Crippen LogP contribution in [0.15, 0.2) is 42.5 Å². The number of carboxylic acid groups (broad SMARTS) is 1. The van der Waals surface area contributed by atoms with E-state index in [0.717, 1.165) is 12.0 Å². The Kier molecular flexibility index (Phi) is 8.33. The van der Waals surface area contributed by atoms with E-state index in [1.807, 2.05) is 6.92 Å². The van der Waals surface area contributed by atoms with Crippen LogP contribution in [-0.4, -0.2) is 37.8 Å². The van der Waals surface area contributed by atoms with Gasteiger partial charge >= 0.3 is 5.97 Å². The van der Waals surface area contributed by atoms with Gasteiger partial charge in [-0.1, -0.05) is 25.1 Å². The third-order valence-electron chi connectivity index (χ3n) is 4.28. The number of hydrogen-bond donors (Lipinski definition) is 2. The molecule has 0 radical (unpaired) electrons. The molecule has 7 nitrogen and oxygen atoms in total. The SMILES string of the molecule is CCCOc1ccc([C@H](CC(=O)O)NC(=O)Cc2ccc(OC)c(OC)c2)cc1. The summed E-state index contributed by atoms with van der Waals surface area (Å²) in [6, 6.07) is 11.7. The Morgan fingerprint density at radius 3 is 2.31 bits per heavy atom. The molecule has 2 N–H and O–H groups in total. The first-order valence-corrected chi connectivity index (χ1v) is 9.41. The molecule has 29 heavy (non-hydrogen) atoms. The fraction of sp³-hybridized carbons (Fsp3) is 0.364. The number of carbonyl (C=O) groups excluding carboxylic acids is 1. The highest BCUT2D eigenvalue weighted by Crippen LogP contribution is 2.28. The summed E-state index contributed by atoms with van der Waals surface area (Å²) in [5.41, 5.74) is 1.44. The van der Waals surface area contributed by atoms with E-state index in [2.05, 4.69) is 5.32 Å². The summed E-state index contributed by atoms with van der Waals surface area (Å²) in [5, 5.41) is 12.0. The molecule has 0 saturated carbocycles. The number of aliphatic carboxylic acids is 1. The average molecular weight is 401 g/mol. The lowest BCUT2D eigenvalue weighted by Gasteiger charge is -2.18. The van der Waals surface area contributed by atoms with Crippen LogP contribution in [0.5, 0.6) is 17.2 Å². The van der Waals surface area contributed by atoms with Crippen LogP contribution in [0.3, 0.4) is 0 Å². The summed E-state index contributed by atoms with van der Waals surface area (Å²) in [4.78, 5) is 23.8. The van der Waals surface area contributed by atoms with Crippen molar-refractivity contribution >= 4 is 11.9 Å². The summed E-state index contributed by atoms with van der Waals surface area (Å²) < 4.78 is 16.0. The first-order valence-electron chi connectivity index (χ1n) is 9.41. The van der Waals surface area contributed by atoms with E-state index in [1.165, 1.54) is 7.11 Å². The quantitative estimate of drug-likeness (QED) is 0.600. The van der Waals surface area contributed by atoms with Crippen LogP contribution in [0.25, 0.3) is 0 Å². The molecule has 2 rings (SSSR count). The molecule has 0 aromatic heterocycles. The second-order valence-electron chi connectivity index (χ2n) is 6.50. The molecule has 1 atom stereocenters. The predicted octanol–water partition coefficient (Wildman–Crippen LogP) is 3.37. The minimum atomic E-state index is -0.993. The highest BCUT2D eigenvalue weighted by atomic mass is 16.5. The molecule has 0 saturated heterocycles. The lowest BCUT2D eigenvalue weighted by atomic mass is 10.0. The first-order chi connectivity index (χ1) is 14.0. The zero-order valence-corrected chi connectivity index (χ0v) is 16.9. The van der Waals surface area contributed by atoms with Gasteiger partial charge in [0.1, 0.15) is 5.75 Å². The standard InChI is InChI=1S/C22H27NO6/c1-4-11-29-17-8-6-16(7-9-17)18(14-22(25)26)23-21(24)13-15-5-10-19(27-2)20(12-15)28-3/h5-10,12,18H,4,11,13-14H2,1-3H3,(H,23,24)(H,25,26)/t18-/m0/s1. The maximum absolute atomic E-state index is 12.5. The second-order valence-corrected chi connectivity index (χ2v) is 6.50. The van der Waals surface area contributed by atoms with E-state index in [9.17, 15) is 14.7 Å². The Hall–Kier alpha value is -3.22. The normalized spacial score (nSPS) is 11.4. The Balaban J connectivity index is 2.09. The van der Waals surface area contributed by atoms with Gasteiger partial charge in [-0.2, -0.15) is 0 Å². The van der Waals surface area contributed by atoms with Gasteiger partial charge in [-0.25, -0.2) is 0 Å². The monoisotopic (exact) mass is 401 g/mol. The highest BCUT2D eigenvalue weighted by molar-refractivity contribution is 5.80. The lowest BCUT2D eigenvalue weighted by Crippen LogP contribution is -2.31. The van der Waals surface area contributed by atoms with Crippen molar-refractivity contribution in [1.29, 1.82) is 0 Å². The average Bonchev–Trinajstić information content (AvgIpc) is 2.71. The van der Waals surface area contributed by atoms with Crippen molar-refractivity contribution in [3.05, 3.63) is 53.6 Å². The number of nitrogens with one attached hydrogen (secondary N) is 1. The van der Waals surface area contributed by atoms with Gasteiger partial charge in [-0.15, -0.1) is 0 Å². The maximum atomic E-state index is 12.5. The smallest absolute Gasteiger partial charge is 0.305 e. The summed E-state index contributed by atoms with van der Waals surface area (Å²) in [6.07, 6.45) is 0.774. The van der Waals surface area contributed by atoms with Gasteiger partial charge < -0.3 is 24.6 Å². The Morgan fingerprint density at radius 1 is 1.03 bits per heavy atom. The van der Waals surface area contributed by atoms with Gasteiger partial charge in [0.25, 0.3) is 0 Å². The topological polar surface area (TPSA) is 94.1 Å². The Bertz CT molecular complexity index is 819. The number of rotatable bonds is 11. The van der Waals surface area contributed by atoms with Crippen molar-refractivity contribution in [3.8, 4) is 17.2 Å². The van der Waals surface area contributed by atoms with Crippen molar-refractivity contribution in [2.75, 3.05) is 20.8 Å². The molecule has 1 amide bonds. The van der Waals surface area contributed by atoms with Crippen molar-refractivity contribution < 1.29 is 28.9 Å². The van der Waals surface area contributed by atoms with Crippen LogP contribution in [0, 0.1) is 0 Å². The van der Waals surface area contributed by atoms with Gasteiger partial charge in [-0.05, 0) is 41.8 Å². The highest BCUT2D eigenvalue weighted by Gasteiger charge is 2.19. The molecule has 0 aliphatic rings.